The molecule has 2 rings (SSSR count). The second kappa shape index (κ2) is 7.72. The number of nitrogens with zero attached hydrogens (tertiary/aromatic N) is 3. The summed E-state index contributed by atoms with van der Waals surface area (Å²) in [5, 5.41) is 13.7. The number of anilines is 3. The highest BCUT2D eigenvalue weighted by Gasteiger charge is 2.13. The molecular formula is C15H17N5O2. The van der Waals surface area contributed by atoms with Crippen LogP contribution in [-0.2, 0) is 4.74 Å². The van der Waals surface area contributed by atoms with Gasteiger partial charge in [-0.3, -0.25) is 0 Å². The van der Waals surface area contributed by atoms with E-state index in [-0.39, 0.29) is 5.95 Å². The van der Waals surface area contributed by atoms with Crippen LogP contribution in [-0.4, -0.2) is 34.3 Å². The fourth-order valence-corrected chi connectivity index (χ4v) is 1.72. The highest BCUT2D eigenvalue weighted by Crippen LogP contribution is 2.19. The fourth-order valence-electron chi connectivity index (χ4n) is 1.72. The Balaban J connectivity index is 2.20. The maximum atomic E-state index is 11.9. The summed E-state index contributed by atoms with van der Waals surface area (Å²) in [5.41, 5.74) is 0.973. The lowest BCUT2D eigenvalue weighted by Crippen LogP contribution is -2.10. The van der Waals surface area contributed by atoms with Crippen molar-refractivity contribution in [1.29, 1.82) is 0 Å². The van der Waals surface area contributed by atoms with Crippen molar-refractivity contribution < 1.29 is 9.53 Å². The van der Waals surface area contributed by atoms with E-state index in [4.69, 9.17) is 4.74 Å². The second-order valence-electron chi connectivity index (χ2n) is 4.23. The fraction of sp³-hybridized carbons (Fsp3) is 0.200. The van der Waals surface area contributed by atoms with Gasteiger partial charge in [0.15, 0.2) is 5.82 Å². The average Bonchev–Trinajstić information content (AvgIpc) is 2.54. The van der Waals surface area contributed by atoms with Crippen LogP contribution < -0.4 is 10.6 Å². The monoisotopic (exact) mass is 299 g/mol. The Morgan fingerprint density at radius 3 is 3.00 bits per heavy atom. The number of benzene rings is 1. The molecule has 0 spiro atoms. The second-order valence-corrected chi connectivity index (χ2v) is 4.23. The lowest BCUT2D eigenvalue weighted by atomic mass is 10.2. The van der Waals surface area contributed by atoms with Crippen molar-refractivity contribution in [3.63, 3.8) is 0 Å². The standard InChI is InChI=1S/C15H17N5O2/c1-3-9-16-13-10-17-20-15(19-13)18-12-8-6-5-7-11(12)14(21)22-4-2/h3,5-8,10H,1,4,9H2,2H3,(H2,16,18,19,20). The number of carbonyl (C=O) groups excluding carboxylic acids is 1. The highest BCUT2D eigenvalue weighted by molar-refractivity contribution is 5.96. The van der Waals surface area contributed by atoms with Gasteiger partial charge in [0, 0.05) is 6.54 Å². The predicted molar refractivity (Wildman–Crippen MR) is 84.2 cm³/mol. The van der Waals surface area contributed by atoms with Crippen molar-refractivity contribution in [3.8, 4) is 0 Å². The average molecular weight is 299 g/mol. The minimum Gasteiger partial charge on any atom is -0.462 e. The van der Waals surface area contributed by atoms with Gasteiger partial charge in [-0.25, -0.2) is 4.79 Å². The zero-order chi connectivity index (χ0) is 15.8. The molecule has 0 fully saturated rings. The van der Waals surface area contributed by atoms with E-state index in [1.807, 2.05) is 0 Å². The number of para-hydroxylation sites is 1. The van der Waals surface area contributed by atoms with Crippen LogP contribution in [0.1, 0.15) is 17.3 Å². The maximum Gasteiger partial charge on any atom is 0.340 e. The topological polar surface area (TPSA) is 89.0 Å². The van der Waals surface area contributed by atoms with E-state index >= 15 is 0 Å². The molecule has 1 aromatic heterocycles. The molecule has 1 aromatic carbocycles. The smallest absolute Gasteiger partial charge is 0.340 e. The van der Waals surface area contributed by atoms with Crippen molar-refractivity contribution in [2.45, 2.75) is 6.92 Å². The molecule has 7 nitrogen and oxygen atoms in total. The first-order valence-corrected chi connectivity index (χ1v) is 6.82. The zero-order valence-electron chi connectivity index (χ0n) is 12.2. The van der Waals surface area contributed by atoms with Gasteiger partial charge in [-0.2, -0.15) is 10.1 Å². The third-order valence-electron chi connectivity index (χ3n) is 2.66. The van der Waals surface area contributed by atoms with Gasteiger partial charge in [0.2, 0.25) is 5.95 Å². The Morgan fingerprint density at radius 2 is 2.23 bits per heavy atom. The Kier molecular flexibility index (Phi) is 5.42. The van der Waals surface area contributed by atoms with Gasteiger partial charge in [-0.05, 0) is 19.1 Å². The van der Waals surface area contributed by atoms with Crippen molar-refractivity contribution >= 4 is 23.4 Å². The van der Waals surface area contributed by atoms with Gasteiger partial charge in [0.25, 0.3) is 0 Å². The normalized spacial score (nSPS) is 9.86. The quantitative estimate of drug-likeness (QED) is 0.599. The molecule has 0 aliphatic rings. The molecule has 0 aliphatic heterocycles. The van der Waals surface area contributed by atoms with Gasteiger partial charge in [-0.15, -0.1) is 11.7 Å². The Bertz CT molecular complexity index is 660. The first kappa shape index (κ1) is 15.4. The molecule has 0 radical (unpaired) electrons. The number of esters is 1. The number of rotatable bonds is 7. The number of nitrogens with one attached hydrogen (secondary N) is 2. The number of aromatic nitrogens is 3. The maximum absolute atomic E-state index is 11.9. The summed E-state index contributed by atoms with van der Waals surface area (Å²) in [6.45, 7) is 6.26. The van der Waals surface area contributed by atoms with Crippen molar-refractivity contribution in [2.75, 3.05) is 23.8 Å². The van der Waals surface area contributed by atoms with Crippen LogP contribution in [0.4, 0.5) is 17.5 Å². The molecule has 0 amide bonds. The van der Waals surface area contributed by atoms with Gasteiger partial charge in [0.05, 0.1) is 24.1 Å². The molecule has 0 atom stereocenters. The molecule has 7 heteroatoms. The third kappa shape index (κ3) is 4.02. The van der Waals surface area contributed by atoms with E-state index in [1.54, 1.807) is 37.3 Å². The van der Waals surface area contributed by atoms with Crippen LogP contribution in [0.25, 0.3) is 0 Å². The first-order chi connectivity index (χ1) is 10.7. The number of ether oxygens (including phenoxy) is 1. The number of carbonyl (C=O) groups is 1. The SMILES string of the molecule is C=CCNc1cnnc(Nc2ccccc2C(=O)OCC)n1. The molecule has 0 unspecified atom stereocenters. The van der Waals surface area contributed by atoms with E-state index in [0.29, 0.717) is 30.2 Å². The van der Waals surface area contributed by atoms with E-state index in [9.17, 15) is 4.79 Å². The molecule has 0 bridgehead atoms. The minimum absolute atomic E-state index is 0.283. The van der Waals surface area contributed by atoms with Crippen LogP contribution in [0, 0.1) is 0 Å². The highest BCUT2D eigenvalue weighted by atomic mass is 16.5. The van der Waals surface area contributed by atoms with Gasteiger partial charge in [0.1, 0.15) is 0 Å². The summed E-state index contributed by atoms with van der Waals surface area (Å²) in [6, 6.07) is 6.99. The van der Waals surface area contributed by atoms with Crippen LogP contribution in [0.15, 0.2) is 43.1 Å². The van der Waals surface area contributed by atoms with E-state index in [1.165, 1.54) is 6.20 Å². The van der Waals surface area contributed by atoms with Crippen LogP contribution >= 0.6 is 0 Å². The van der Waals surface area contributed by atoms with Crippen LogP contribution in [0.2, 0.25) is 0 Å². The summed E-state index contributed by atoms with van der Waals surface area (Å²) in [5.74, 6) is 0.441. The summed E-state index contributed by atoms with van der Waals surface area (Å²) in [4.78, 5) is 16.2. The van der Waals surface area contributed by atoms with Crippen molar-refractivity contribution in [3.05, 3.63) is 48.7 Å². The Hall–Kier alpha value is -2.96. The predicted octanol–water partition coefficient (Wildman–Crippen LogP) is 2.39. The first-order valence-electron chi connectivity index (χ1n) is 6.82. The molecule has 2 N–H and O–H groups in total. The van der Waals surface area contributed by atoms with Gasteiger partial charge < -0.3 is 15.4 Å². The minimum atomic E-state index is -0.403. The molecule has 2 aromatic rings. The van der Waals surface area contributed by atoms with Crippen molar-refractivity contribution in [1.82, 2.24) is 15.2 Å². The van der Waals surface area contributed by atoms with E-state index in [2.05, 4.69) is 32.4 Å². The summed E-state index contributed by atoms with van der Waals surface area (Å²) in [6.07, 6.45) is 3.22. The van der Waals surface area contributed by atoms with Crippen LogP contribution in [0.3, 0.4) is 0 Å². The molecular weight excluding hydrogens is 282 g/mol. The molecule has 114 valence electrons. The molecule has 0 saturated carbocycles. The largest absolute Gasteiger partial charge is 0.462 e. The molecule has 0 saturated heterocycles. The number of hydrogen-bond acceptors (Lipinski definition) is 7. The summed E-state index contributed by atoms with van der Waals surface area (Å²) < 4.78 is 5.02. The number of hydrogen-bond donors (Lipinski definition) is 2. The Morgan fingerprint density at radius 1 is 1.41 bits per heavy atom. The van der Waals surface area contributed by atoms with E-state index < -0.39 is 5.97 Å². The van der Waals surface area contributed by atoms with E-state index in [0.717, 1.165) is 0 Å². The van der Waals surface area contributed by atoms with Crippen LogP contribution in [0.5, 0.6) is 0 Å². The lowest BCUT2D eigenvalue weighted by Gasteiger charge is -2.10. The van der Waals surface area contributed by atoms with Gasteiger partial charge >= 0.3 is 5.97 Å². The molecule has 1 heterocycles. The molecule has 0 aliphatic carbocycles. The van der Waals surface area contributed by atoms with Crippen molar-refractivity contribution in [2.24, 2.45) is 0 Å². The summed E-state index contributed by atoms with van der Waals surface area (Å²) >= 11 is 0. The third-order valence-corrected chi connectivity index (χ3v) is 2.66. The Labute approximate surface area is 128 Å². The molecule has 22 heavy (non-hydrogen) atoms. The zero-order valence-corrected chi connectivity index (χ0v) is 12.2. The summed E-state index contributed by atoms with van der Waals surface area (Å²) in [7, 11) is 0. The lowest BCUT2D eigenvalue weighted by molar-refractivity contribution is 0.0527. The van der Waals surface area contributed by atoms with Gasteiger partial charge in [-0.1, -0.05) is 18.2 Å².